The molecule has 2 aliphatic heterocycles. The molecule has 1 N–H and O–H groups in total. The Kier molecular flexibility index (Phi) is 6.45. The number of anilines is 3. The Labute approximate surface area is 304 Å². The number of allylic oxidation sites excluding steroid dienone is 2. The molecule has 0 radical (unpaired) electrons. The third kappa shape index (κ3) is 4.06. The van der Waals surface area contributed by atoms with Gasteiger partial charge in [-0.1, -0.05) is 137 Å². The molecule has 4 nitrogen and oxygen atoms in total. The Morgan fingerprint density at radius 3 is 2.04 bits per heavy atom. The molecule has 0 bridgehead atoms. The third-order valence-corrected chi connectivity index (χ3v) is 11.7. The van der Waals surface area contributed by atoms with Crippen LogP contribution < -0.4 is 10.2 Å². The number of ketones is 1. The number of fused-ring (bicyclic) bond motifs is 11. The largest absolute Gasteiger partial charge is 0.367 e. The predicted molar refractivity (Wildman–Crippen MR) is 215 cm³/mol. The van der Waals surface area contributed by atoms with Crippen LogP contribution in [0.5, 0.6) is 0 Å². The van der Waals surface area contributed by atoms with E-state index in [0.29, 0.717) is 12.1 Å². The predicted octanol–water partition coefficient (Wildman–Crippen LogP) is 11.4. The van der Waals surface area contributed by atoms with Crippen molar-refractivity contribution in [2.45, 2.75) is 38.5 Å². The zero-order valence-corrected chi connectivity index (χ0v) is 29.9. The van der Waals surface area contributed by atoms with Gasteiger partial charge < -0.3 is 10.2 Å². The summed E-state index contributed by atoms with van der Waals surface area (Å²) in [6.07, 6.45) is 4.10. The first-order valence-corrected chi connectivity index (χ1v) is 18.2. The van der Waals surface area contributed by atoms with Gasteiger partial charge in [0, 0.05) is 50.5 Å². The highest BCUT2D eigenvalue weighted by molar-refractivity contribution is 6.24. The van der Waals surface area contributed by atoms with Gasteiger partial charge in [-0.2, -0.15) is 0 Å². The molecule has 252 valence electrons. The third-order valence-electron chi connectivity index (χ3n) is 11.7. The van der Waals surface area contributed by atoms with Crippen molar-refractivity contribution in [3.63, 3.8) is 0 Å². The van der Waals surface area contributed by atoms with E-state index in [-0.39, 0.29) is 16.6 Å². The summed E-state index contributed by atoms with van der Waals surface area (Å²) in [5.74, 6) is 1.01. The lowest BCUT2D eigenvalue weighted by molar-refractivity contribution is 0.103. The summed E-state index contributed by atoms with van der Waals surface area (Å²) in [5, 5.41) is 6.16. The summed E-state index contributed by atoms with van der Waals surface area (Å²) < 4.78 is 2.43. The number of hydrogen-bond acceptors (Lipinski definition) is 3. The second-order valence-corrected chi connectivity index (χ2v) is 15.3. The number of hydrogen-bond donors (Lipinski definition) is 1. The van der Waals surface area contributed by atoms with Gasteiger partial charge in [-0.05, 0) is 64.2 Å². The first kappa shape index (κ1) is 30.7. The average Bonchev–Trinajstić information content (AvgIpc) is 3.64. The van der Waals surface area contributed by atoms with Crippen molar-refractivity contribution in [3.8, 4) is 11.1 Å². The molecule has 0 spiro atoms. The number of dihydropyridines is 1. The summed E-state index contributed by atoms with van der Waals surface area (Å²) in [7, 11) is 0. The van der Waals surface area contributed by atoms with E-state index < -0.39 is 0 Å². The van der Waals surface area contributed by atoms with Gasteiger partial charge in [0.2, 0.25) is 0 Å². The first-order chi connectivity index (χ1) is 25.3. The maximum absolute atomic E-state index is 13.5. The standard InChI is InChI=1S/C48H39N3O/c1-47(2)35-23-13-11-21-33(35)40-42(47)43-45(50(32-19-9-6-10-20-32)38-26-16-14-24-36(38)48(43,3)4)41-34-22-12-15-25-37(34)51(44(40)41)39-28-27-31(29-49-39)46(52)30-17-7-5-8-18-30/h5-28,49H,29H2,1-4H3. The number of carbonyl (C=O) groups is 1. The Balaban J connectivity index is 1.37. The Morgan fingerprint density at radius 1 is 0.654 bits per heavy atom. The summed E-state index contributed by atoms with van der Waals surface area (Å²) >= 11 is 0. The minimum Gasteiger partial charge on any atom is -0.367 e. The molecule has 1 aromatic heterocycles. The van der Waals surface area contributed by atoms with Crippen molar-refractivity contribution in [2.75, 3.05) is 11.4 Å². The summed E-state index contributed by atoms with van der Waals surface area (Å²) in [4.78, 5) is 16.0. The lowest BCUT2D eigenvalue weighted by Crippen LogP contribution is -2.34. The molecular formula is C48H39N3O. The Hall–Kier alpha value is -6.13. The van der Waals surface area contributed by atoms with E-state index in [0.717, 1.165) is 22.6 Å². The van der Waals surface area contributed by atoms with E-state index in [2.05, 4.69) is 152 Å². The van der Waals surface area contributed by atoms with Crippen LogP contribution in [-0.2, 0) is 10.8 Å². The van der Waals surface area contributed by atoms with Crippen molar-refractivity contribution >= 4 is 50.5 Å². The molecule has 7 aromatic rings. The van der Waals surface area contributed by atoms with Gasteiger partial charge in [-0.3, -0.25) is 9.36 Å². The fraction of sp³-hybridized carbons (Fsp3) is 0.146. The van der Waals surface area contributed by atoms with E-state index in [1.807, 2.05) is 36.4 Å². The van der Waals surface area contributed by atoms with Crippen LogP contribution in [-0.4, -0.2) is 16.9 Å². The molecule has 1 aliphatic carbocycles. The van der Waals surface area contributed by atoms with Crippen molar-refractivity contribution in [1.29, 1.82) is 0 Å². The van der Waals surface area contributed by atoms with Gasteiger partial charge in [-0.25, -0.2) is 0 Å². The van der Waals surface area contributed by atoms with E-state index >= 15 is 0 Å². The summed E-state index contributed by atoms with van der Waals surface area (Å²) in [5.41, 5.74) is 14.8. The van der Waals surface area contributed by atoms with E-state index in [9.17, 15) is 4.79 Å². The number of para-hydroxylation sites is 3. The minimum absolute atomic E-state index is 0.0515. The van der Waals surface area contributed by atoms with Crippen molar-refractivity contribution in [3.05, 3.63) is 179 Å². The van der Waals surface area contributed by atoms with Gasteiger partial charge in [0.1, 0.15) is 5.82 Å². The van der Waals surface area contributed by atoms with Crippen LogP contribution in [0, 0.1) is 0 Å². The number of carbonyl (C=O) groups excluding carboxylic acids is 1. The molecule has 0 saturated carbocycles. The van der Waals surface area contributed by atoms with E-state index in [4.69, 9.17) is 0 Å². The van der Waals surface area contributed by atoms with Crippen LogP contribution >= 0.6 is 0 Å². The molecule has 52 heavy (non-hydrogen) atoms. The monoisotopic (exact) mass is 673 g/mol. The second kappa shape index (κ2) is 10.9. The van der Waals surface area contributed by atoms with Crippen LogP contribution in [0.3, 0.4) is 0 Å². The lowest BCUT2D eigenvalue weighted by atomic mass is 9.66. The fourth-order valence-corrected chi connectivity index (χ4v) is 9.42. The Morgan fingerprint density at radius 2 is 1.29 bits per heavy atom. The minimum atomic E-state index is -0.296. The van der Waals surface area contributed by atoms with E-state index in [1.54, 1.807) is 0 Å². The first-order valence-electron chi connectivity index (χ1n) is 18.2. The van der Waals surface area contributed by atoms with Gasteiger partial charge in [0.25, 0.3) is 0 Å². The number of benzene rings is 6. The highest BCUT2D eigenvalue weighted by Gasteiger charge is 2.48. The normalized spacial score (nSPS) is 16.3. The van der Waals surface area contributed by atoms with Gasteiger partial charge >= 0.3 is 0 Å². The molecule has 0 atom stereocenters. The number of nitrogens with one attached hydrogen (secondary N) is 1. The van der Waals surface area contributed by atoms with Crippen LogP contribution in [0.15, 0.2) is 151 Å². The number of nitrogens with zero attached hydrogens (tertiary/aromatic N) is 2. The number of Topliss-reactive ketones (excluding diaryl/α,β-unsaturated/α-hetero) is 1. The molecule has 0 amide bonds. The Bertz CT molecular complexity index is 2690. The van der Waals surface area contributed by atoms with Gasteiger partial charge in [-0.15, -0.1) is 0 Å². The molecule has 4 heteroatoms. The maximum atomic E-state index is 13.5. The summed E-state index contributed by atoms with van der Waals surface area (Å²) in [6.45, 7) is 10.1. The molecule has 0 unspecified atom stereocenters. The van der Waals surface area contributed by atoms with Crippen molar-refractivity contribution < 1.29 is 4.79 Å². The lowest BCUT2D eigenvalue weighted by Gasteiger charge is -2.45. The molecule has 6 aromatic carbocycles. The summed E-state index contributed by atoms with van der Waals surface area (Å²) in [6, 6.07) is 47.2. The smallest absolute Gasteiger partial charge is 0.190 e. The quantitative estimate of drug-likeness (QED) is 0.189. The van der Waals surface area contributed by atoms with Crippen molar-refractivity contribution in [1.82, 2.24) is 9.88 Å². The molecule has 0 saturated heterocycles. The van der Waals surface area contributed by atoms with E-state index in [1.165, 1.54) is 61.0 Å². The molecule has 10 rings (SSSR count). The highest BCUT2D eigenvalue weighted by Crippen LogP contribution is 2.64. The van der Waals surface area contributed by atoms with Crippen LogP contribution in [0.25, 0.3) is 38.8 Å². The van der Waals surface area contributed by atoms with Gasteiger partial charge in [0.15, 0.2) is 5.78 Å². The van der Waals surface area contributed by atoms with Crippen molar-refractivity contribution in [2.24, 2.45) is 0 Å². The fourth-order valence-electron chi connectivity index (χ4n) is 9.42. The topological polar surface area (TPSA) is 37.3 Å². The molecule has 3 aliphatic rings. The van der Waals surface area contributed by atoms with Crippen LogP contribution in [0.1, 0.15) is 60.3 Å². The number of rotatable bonds is 4. The molecule has 3 heterocycles. The number of aromatic nitrogens is 1. The highest BCUT2D eigenvalue weighted by atomic mass is 16.1. The zero-order valence-electron chi connectivity index (χ0n) is 29.9. The zero-order chi connectivity index (χ0) is 35.4. The molecule has 0 fully saturated rings. The SMILES string of the molecule is CC1(C)c2ccccc2N(c2ccccc2)c2c1c1c(c3c2c2ccccc2n3C2=CC=C(C(=O)c3ccccc3)CN2)-c2ccccc2C1(C)C. The molecular weight excluding hydrogens is 635 g/mol. The van der Waals surface area contributed by atoms with Crippen LogP contribution in [0.4, 0.5) is 17.1 Å². The van der Waals surface area contributed by atoms with Crippen LogP contribution in [0.2, 0.25) is 0 Å². The average molecular weight is 674 g/mol. The maximum Gasteiger partial charge on any atom is 0.190 e. The van der Waals surface area contributed by atoms with Gasteiger partial charge in [0.05, 0.1) is 22.4 Å². The second-order valence-electron chi connectivity index (χ2n) is 15.3.